The van der Waals surface area contributed by atoms with Gasteiger partial charge in [0.25, 0.3) is 0 Å². The van der Waals surface area contributed by atoms with Crippen molar-refractivity contribution in [3.05, 3.63) is 34.3 Å². The van der Waals surface area contributed by atoms with E-state index in [2.05, 4.69) is 40.2 Å². The van der Waals surface area contributed by atoms with Crippen molar-refractivity contribution in [2.24, 2.45) is 17.3 Å². The molecule has 16 heavy (non-hydrogen) atoms. The Hall–Kier alpha value is -0.340. The van der Waals surface area contributed by atoms with E-state index in [0.717, 1.165) is 10.4 Å². The van der Waals surface area contributed by atoms with Crippen molar-refractivity contribution < 1.29 is 5.11 Å². The number of aliphatic hydroxyl groups excluding tert-OH is 1. The summed E-state index contributed by atoms with van der Waals surface area (Å²) >= 11 is 3.49. The van der Waals surface area contributed by atoms with Crippen LogP contribution < -0.4 is 0 Å². The molecule has 0 aromatic heterocycles. The van der Waals surface area contributed by atoms with Crippen molar-refractivity contribution in [1.29, 1.82) is 0 Å². The van der Waals surface area contributed by atoms with Crippen molar-refractivity contribution in [2.45, 2.75) is 24.7 Å². The Morgan fingerprint density at radius 1 is 1.25 bits per heavy atom. The first-order valence-corrected chi connectivity index (χ1v) is 6.88. The highest BCUT2D eigenvalue weighted by atomic mass is 79.9. The molecule has 1 aromatic rings. The zero-order valence-electron chi connectivity index (χ0n) is 9.12. The Labute approximate surface area is 104 Å². The molecule has 3 aliphatic rings. The average molecular weight is 279 g/mol. The molecule has 1 nitrogen and oxygen atoms in total. The lowest BCUT2D eigenvalue weighted by Gasteiger charge is -2.18. The highest BCUT2D eigenvalue weighted by molar-refractivity contribution is 9.10. The van der Waals surface area contributed by atoms with Gasteiger partial charge in [-0.25, -0.2) is 0 Å². The molecule has 1 spiro atoms. The molecule has 1 N–H and O–H groups in total. The number of hydrogen-bond acceptors (Lipinski definition) is 1. The van der Waals surface area contributed by atoms with Crippen molar-refractivity contribution in [3.63, 3.8) is 0 Å². The minimum Gasteiger partial charge on any atom is -0.396 e. The molecule has 0 saturated heterocycles. The summed E-state index contributed by atoms with van der Waals surface area (Å²) in [4.78, 5) is 0. The fourth-order valence-corrected chi connectivity index (χ4v) is 4.80. The van der Waals surface area contributed by atoms with E-state index in [-0.39, 0.29) is 0 Å². The molecule has 0 amide bonds. The normalized spacial score (nSPS) is 47.4. The van der Waals surface area contributed by atoms with Gasteiger partial charge in [-0.3, -0.25) is 0 Å². The largest absolute Gasteiger partial charge is 0.396 e. The second-order valence-electron chi connectivity index (χ2n) is 5.88. The van der Waals surface area contributed by atoms with Gasteiger partial charge in [0.15, 0.2) is 0 Å². The van der Waals surface area contributed by atoms with Crippen molar-refractivity contribution in [1.82, 2.24) is 0 Å². The Kier molecular flexibility index (Phi) is 1.65. The topological polar surface area (TPSA) is 20.2 Å². The van der Waals surface area contributed by atoms with E-state index in [4.69, 9.17) is 0 Å². The van der Waals surface area contributed by atoms with Crippen LogP contribution in [0.1, 0.15) is 24.8 Å². The minimum absolute atomic E-state index is 0.394. The lowest BCUT2D eigenvalue weighted by atomic mass is 9.87. The van der Waals surface area contributed by atoms with Crippen LogP contribution in [-0.2, 0) is 5.41 Å². The summed E-state index contributed by atoms with van der Waals surface area (Å²) < 4.78 is 1.16. The van der Waals surface area contributed by atoms with E-state index in [1.807, 2.05) is 0 Å². The zero-order chi connectivity index (χ0) is 11.0. The summed E-state index contributed by atoms with van der Waals surface area (Å²) in [5, 5.41) is 9.40. The van der Waals surface area contributed by atoms with Crippen LogP contribution in [0.2, 0.25) is 0 Å². The average Bonchev–Trinajstić information content (AvgIpc) is 3.16. The molecular formula is C14H15BrO. The minimum atomic E-state index is 0.394. The van der Waals surface area contributed by atoms with Gasteiger partial charge in [-0.15, -0.1) is 0 Å². The molecule has 3 fully saturated rings. The number of benzene rings is 1. The van der Waals surface area contributed by atoms with Crippen LogP contribution in [0.5, 0.6) is 0 Å². The second-order valence-corrected chi connectivity index (χ2v) is 6.79. The molecule has 0 bridgehead atoms. The first-order valence-electron chi connectivity index (χ1n) is 6.09. The van der Waals surface area contributed by atoms with Gasteiger partial charge in [-0.2, -0.15) is 0 Å². The maximum atomic E-state index is 9.40. The molecule has 3 saturated carbocycles. The summed E-state index contributed by atoms with van der Waals surface area (Å²) in [6.07, 6.45) is 3.97. The first-order chi connectivity index (χ1) is 7.72. The lowest BCUT2D eigenvalue weighted by molar-refractivity contribution is 0.203. The second kappa shape index (κ2) is 2.73. The van der Waals surface area contributed by atoms with Gasteiger partial charge in [0, 0.05) is 16.5 Å². The molecule has 1 aromatic carbocycles. The Morgan fingerprint density at radius 2 is 2.00 bits per heavy atom. The molecular weight excluding hydrogens is 264 g/mol. The summed E-state index contributed by atoms with van der Waals surface area (Å²) in [7, 11) is 0. The fourth-order valence-electron chi connectivity index (χ4n) is 4.53. The third-order valence-corrected chi connectivity index (χ3v) is 5.92. The van der Waals surface area contributed by atoms with Gasteiger partial charge in [0.2, 0.25) is 0 Å². The molecule has 4 unspecified atom stereocenters. The van der Waals surface area contributed by atoms with E-state index in [9.17, 15) is 5.11 Å². The Morgan fingerprint density at radius 3 is 2.62 bits per heavy atom. The van der Waals surface area contributed by atoms with Gasteiger partial charge in [0.1, 0.15) is 0 Å². The zero-order valence-corrected chi connectivity index (χ0v) is 10.7. The van der Waals surface area contributed by atoms with E-state index >= 15 is 0 Å². The standard InChI is InChI=1S/C14H15BrO/c15-11-3-1-10(2-4-11)13-5-9(7-16)12-6-14(12,13)8-13/h1-4,9,12,16H,5-8H2. The lowest BCUT2D eigenvalue weighted by Crippen LogP contribution is -2.14. The van der Waals surface area contributed by atoms with Crippen LogP contribution >= 0.6 is 15.9 Å². The first kappa shape index (κ1) is 9.67. The summed E-state index contributed by atoms with van der Waals surface area (Å²) in [5.74, 6) is 1.42. The van der Waals surface area contributed by atoms with Crippen LogP contribution in [0.3, 0.4) is 0 Å². The predicted molar refractivity (Wildman–Crippen MR) is 66.2 cm³/mol. The third kappa shape index (κ3) is 0.925. The number of aliphatic hydroxyl groups is 1. The van der Waals surface area contributed by atoms with Crippen molar-refractivity contribution >= 4 is 15.9 Å². The van der Waals surface area contributed by atoms with Crippen LogP contribution in [0.25, 0.3) is 0 Å². The van der Waals surface area contributed by atoms with Crippen molar-refractivity contribution in [2.75, 3.05) is 6.61 Å². The van der Waals surface area contributed by atoms with Gasteiger partial charge in [-0.05, 0) is 54.2 Å². The van der Waals surface area contributed by atoms with E-state index in [0.29, 0.717) is 23.4 Å². The van der Waals surface area contributed by atoms with Gasteiger partial charge >= 0.3 is 0 Å². The molecule has 2 heteroatoms. The van der Waals surface area contributed by atoms with E-state index in [1.165, 1.54) is 24.8 Å². The number of hydrogen-bond donors (Lipinski definition) is 1. The maximum Gasteiger partial charge on any atom is 0.0462 e. The van der Waals surface area contributed by atoms with Crippen LogP contribution in [-0.4, -0.2) is 11.7 Å². The molecule has 0 radical (unpaired) electrons. The maximum absolute atomic E-state index is 9.40. The van der Waals surface area contributed by atoms with E-state index in [1.54, 1.807) is 0 Å². The quantitative estimate of drug-likeness (QED) is 0.882. The summed E-state index contributed by atoms with van der Waals surface area (Å²) in [6, 6.07) is 8.85. The SMILES string of the molecule is OCC1CC2(c3ccc(Br)cc3)CC23CC13. The van der Waals surface area contributed by atoms with Gasteiger partial charge < -0.3 is 5.11 Å². The van der Waals surface area contributed by atoms with Crippen molar-refractivity contribution in [3.8, 4) is 0 Å². The monoisotopic (exact) mass is 278 g/mol. The van der Waals surface area contributed by atoms with Crippen LogP contribution in [0, 0.1) is 17.3 Å². The summed E-state index contributed by atoms with van der Waals surface area (Å²) in [6.45, 7) is 0.394. The Balaban J connectivity index is 1.73. The molecule has 3 aliphatic carbocycles. The van der Waals surface area contributed by atoms with Crippen LogP contribution in [0.15, 0.2) is 28.7 Å². The third-order valence-electron chi connectivity index (χ3n) is 5.39. The molecule has 0 aliphatic heterocycles. The smallest absolute Gasteiger partial charge is 0.0462 e. The fraction of sp³-hybridized carbons (Fsp3) is 0.571. The van der Waals surface area contributed by atoms with Gasteiger partial charge in [0.05, 0.1) is 0 Å². The Bertz CT molecular complexity index is 454. The van der Waals surface area contributed by atoms with Crippen LogP contribution in [0.4, 0.5) is 0 Å². The number of rotatable bonds is 2. The predicted octanol–water partition coefficient (Wildman–Crippen LogP) is 3.11. The molecule has 0 heterocycles. The van der Waals surface area contributed by atoms with E-state index < -0.39 is 0 Å². The molecule has 4 atom stereocenters. The highest BCUT2D eigenvalue weighted by Crippen LogP contribution is 2.89. The number of halogens is 1. The molecule has 4 rings (SSSR count). The van der Waals surface area contributed by atoms with Gasteiger partial charge in [-0.1, -0.05) is 28.1 Å². The molecule has 84 valence electrons. The summed E-state index contributed by atoms with van der Waals surface area (Å²) in [5.41, 5.74) is 2.58. The highest BCUT2D eigenvalue weighted by Gasteiger charge is 2.85.